The summed E-state index contributed by atoms with van der Waals surface area (Å²) in [7, 11) is 0. The second kappa shape index (κ2) is 5.69. The van der Waals surface area contributed by atoms with Crippen LogP contribution in [-0.2, 0) is 6.54 Å². The molecule has 0 saturated heterocycles. The lowest BCUT2D eigenvalue weighted by Gasteiger charge is -2.07. The summed E-state index contributed by atoms with van der Waals surface area (Å²) >= 11 is 0. The Morgan fingerprint density at radius 3 is 2.60 bits per heavy atom. The summed E-state index contributed by atoms with van der Waals surface area (Å²) in [6.45, 7) is 5.60. The number of benzene rings is 1. The number of rotatable bonds is 4. The number of hydrogen-bond donors (Lipinski definition) is 1. The quantitative estimate of drug-likeness (QED) is 0.914. The topological polar surface area (TPSA) is 34.0 Å². The van der Waals surface area contributed by atoms with E-state index in [-0.39, 0.29) is 12.2 Å². The number of aromatic nitrogens is 1. The molecule has 0 bridgehead atoms. The van der Waals surface area contributed by atoms with Gasteiger partial charge in [-0.05, 0) is 12.5 Å². The number of carbonyl (C=O) groups is 1. The molecule has 5 heteroatoms. The van der Waals surface area contributed by atoms with Gasteiger partial charge in [0.2, 0.25) is 5.95 Å². The van der Waals surface area contributed by atoms with Crippen LogP contribution in [0.25, 0.3) is 6.20 Å². The molecule has 0 aliphatic rings. The minimum Gasteiger partial charge on any atom is -0.347 e. The third kappa shape index (κ3) is 2.77. The van der Waals surface area contributed by atoms with Gasteiger partial charge in [-0.15, -0.1) is 0 Å². The largest absolute Gasteiger partial charge is 0.347 e. The van der Waals surface area contributed by atoms with E-state index in [0.717, 1.165) is 28.0 Å². The Labute approximate surface area is 115 Å². The Balaban J connectivity index is 2.11. The van der Waals surface area contributed by atoms with E-state index in [2.05, 4.69) is 11.9 Å². The van der Waals surface area contributed by atoms with Gasteiger partial charge >= 0.3 is 0 Å². The van der Waals surface area contributed by atoms with E-state index < -0.39 is 17.7 Å². The number of nitrogens with zero attached hydrogens (tertiary/aromatic N) is 1. The average Bonchev–Trinajstić information content (AvgIpc) is 2.73. The Kier molecular flexibility index (Phi) is 3.98. The van der Waals surface area contributed by atoms with Crippen molar-refractivity contribution < 1.29 is 13.6 Å². The summed E-state index contributed by atoms with van der Waals surface area (Å²) in [6, 6.07) is 8.45. The Morgan fingerprint density at radius 1 is 1.35 bits per heavy atom. The first-order chi connectivity index (χ1) is 9.52. The van der Waals surface area contributed by atoms with Crippen molar-refractivity contribution in [1.29, 1.82) is 0 Å². The molecule has 1 aromatic carbocycles. The molecule has 1 heterocycles. The van der Waals surface area contributed by atoms with Crippen LogP contribution in [-0.4, -0.2) is 10.5 Å². The predicted molar refractivity (Wildman–Crippen MR) is 73.1 cm³/mol. The molecule has 0 fully saturated rings. The fourth-order valence-corrected chi connectivity index (χ4v) is 1.80. The molecule has 0 aliphatic carbocycles. The van der Waals surface area contributed by atoms with Crippen molar-refractivity contribution in [2.45, 2.75) is 13.5 Å². The zero-order chi connectivity index (χ0) is 14.7. The van der Waals surface area contributed by atoms with Crippen molar-refractivity contribution in [1.82, 2.24) is 9.88 Å². The van der Waals surface area contributed by atoms with Gasteiger partial charge in [-0.2, -0.15) is 4.39 Å². The zero-order valence-electron chi connectivity index (χ0n) is 11.0. The average molecular weight is 276 g/mol. The van der Waals surface area contributed by atoms with Crippen molar-refractivity contribution in [3.8, 4) is 0 Å². The highest BCUT2D eigenvalue weighted by Gasteiger charge is 2.18. The molecule has 0 aliphatic heterocycles. The molecule has 0 saturated carbocycles. The maximum absolute atomic E-state index is 13.3. The molecule has 0 spiro atoms. The fraction of sp³-hybridized carbons (Fsp3) is 0.133. The fourth-order valence-electron chi connectivity index (χ4n) is 1.80. The van der Waals surface area contributed by atoms with Crippen LogP contribution in [0.2, 0.25) is 0 Å². The number of halogens is 2. The molecule has 0 radical (unpaired) electrons. The number of hydrogen-bond acceptors (Lipinski definition) is 1. The molecule has 1 N–H and O–H groups in total. The molecule has 1 amide bonds. The van der Waals surface area contributed by atoms with Gasteiger partial charge in [-0.25, -0.2) is 4.39 Å². The summed E-state index contributed by atoms with van der Waals surface area (Å²) in [5.74, 6) is -2.76. The maximum atomic E-state index is 13.3. The normalized spacial score (nSPS) is 10.3. The highest BCUT2D eigenvalue weighted by molar-refractivity contribution is 5.93. The van der Waals surface area contributed by atoms with E-state index in [9.17, 15) is 13.6 Å². The van der Waals surface area contributed by atoms with Crippen LogP contribution in [0.1, 0.15) is 21.6 Å². The van der Waals surface area contributed by atoms with Crippen LogP contribution >= 0.6 is 0 Å². The van der Waals surface area contributed by atoms with E-state index in [1.807, 2.05) is 31.2 Å². The second-order valence-corrected chi connectivity index (χ2v) is 4.39. The lowest BCUT2D eigenvalue weighted by Crippen LogP contribution is -2.24. The van der Waals surface area contributed by atoms with Gasteiger partial charge in [0.05, 0.1) is 0 Å². The highest BCUT2D eigenvalue weighted by atomic mass is 19.2. The van der Waals surface area contributed by atoms with E-state index in [1.54, 1.807) is 0 Å². The van der Waals surface area contributed by atoms with Crippen LogP contribution in [0.4, 0.5) is 8.78 Å². The molecular weight excluding hydrogens is 262 g/mol. The molecule has 0 unspecified atom stereocenters. The summed E-state index contributed by atoms with van der Waals surface area (Å²) in [4.78, 5) is 11.9. The minimum absolute atomic E-state index is 0.123. The van der Waals surface area contributed by atoms with Crippen molar-refractivity contribution in [2.75, 3.05) is 0 Å². The van der Waals surface area contributed by atoms with Gasteiger partial charge in [0.15, 0.2) is 5.82 Å². The highest BCUT2D eigenvalue weighted by Crippen LogP contribution is 2.13. The van der Waals surface area contributed by atoms with E-state index >= 15 is 0 Å². The lowest BCUT2D eigenvalue weighted by molar-refractivity contribution is 0.0943. The van der Waals surface area contributed by atoms with Crippen molar-refractivity contribution >= 4 is 12.1 Å². The smallest absolute Gasteiger partial charge is 0.268 e. The van der Waals surface area contributed by atoms with E-state index in [1.165, 1.54) is 0 Å². The van der Waals surface area contributed by atoms with Gasteiger partial charge in [-0.1, -0.05) is 36.4 Å². The van der Waals surface area contributed by atoms with Crippen molar-refractivity contribution in [3.05, 3.63) is 65.5 Å². The molecule has 1 aromatic heterocycles. The molecule has 3 nitrogen and oxygen atoms in total. The van der Waals surface area contributed by atoms with Crippen molar-refractivity contribution in [3.63, 3.8) is 0 Å². The summed E-state index contributed by atoms with van der Waals surface area (Å²) in [6.07, 6.45) is 1.05. The molecule has 104 valence electrons. The number of aryl methyl sites for hydroxylation is 1. The van der Waals surface area contributed by atoms with E-state index in [4.69, 9.17) is 0 Å². The molecule has 2 aromatic rings. The first-order valence-electron chi connectivity index (χ1n) is 6.05. The van der Waals surface area contributed by atoms with Gasteiger partial charge in [0, 0.05) is 18.8 Å². The van der Waals surface area contributed by atoms with Gasteiger partial charge in [0.25, 0.3) is 5.91 Å². The Morgan fingerprint density at radius 2 is 2.00 bits per heavy atom. The first-order valence-corrected chi connectivity index (χ1v) is 6.05. The third-order valence-electron chi connectivity index (χ3n) is 2.92. The Bertz CT molecular complexity index is 645. The van der Waals surface area contributed by atoms with Crippen LogP contribution in [0.5, 0.6) is 0 Å². The summed E-state index contributed by atoms with van der Waals surface area (Å²) in [5, 5.41) is 2.61. The van der Waals surface area contributed by atoms with E-state index in [0.29, 0.717) is 0 Å². The summed E-state index contributed by atoms with van der Waals surface area (Å²) < 4.78 is 27.2. The Hall–Kier alpha value is -2.43. The predicted octanol–water partition coefficient (Wildman–Crippen LogP) is 3.11. The first kappa shape index (κ1) is 14.0. The monoisotopic (exact) mass is 276 g/mol. The minimum atomic E-state index is -1.12. The molecular formula is C15H14F2N2O. The number of carbonyl (C=O) groups excluding carboxylic acids is 1. The molecule has 2 rings (SSSR count). The third-order valence-corrected chi connectivity index (χ3v) is 2.92. The van der Waals surface area contributed by atoms with Gasteiger partial charge in [-0.3, -0.25) is 9.36 Å². The van der Waals surface area contributed by atoms with Crippen LogP contribution < -0.4 is 5.32 Å². The van der Waals surface area contributed by atoms with Gasteiger partial charge < -0.3 is 5.32 Å². The maximum Gasteiger partial charge on any atom is 0.268 e. The molecule has 0 atom stereocenters. The van der Waals surface area contributed by atoms with Gasteiger partial charge in [0.1, 0.15) is 5.69 Å². The molecule has 20 heavy (non-hydrogen) atoms. The van der Waals surface area contributed by atoms with Crippen LogP contribution in [0.3, 0.4) is 0 Å². The number of nitrogens with one attached hydrogen (secondary N) is 1. The van der Waals surface area contributed by atoms with Crippen molar-refractivity contribution in [2.24, 2.45) is 0 Å². The zero-order valence-corrected chi connectivity index (χ0v) is 11.0. The lowest BCUT2D eigenvalue weighted by atomic mass is 10.1. The van der Waals surface area contributed by atoms with Crippen LogP contribution in [0.15, 0.2) is 36.9 Å². The standard InChI is InChI=1S/C15H14F2N2O/c1-3-19-13(8-12(16)14(19)17)15(20)18-9-11-6-4-10(2)5-7-11/h3-8H,1,9H2,2H3,(H,18,20). The second-order valence-electron chi connectivity index (χ2n) is 4.39. The number of amides is 1. The summed E-state index contributed by atoms with van der Waals surface area (Å²) in [5.41, 5.74) is 1.90. The van der Waals surface area contributed by atoms with Crippen LogP contribution in [0, 0.1) is 18.7 Å². The SMILES string of the molecule is C=Cn1c(C(=O)NCc2ccc(C)cc2)cc(F)c1F.